The largest absolute Gasteiger partial charge is 0.456 e. The van der Waals surface area contributed by atoms with Crippen LogP contribution in [0.3, 0.4) is 0 Å². The molecule has 0 saturated heterocycles. The van der Waals surface area contributed by atoms with Crippen LogP contribution in [-0.4, -0.2) is 45.9 Å². The molecular formula is C20H21N3O5S. The van der Waals surface area contributed by atoms with E-state index in [0.29, 0.717) is 22.5 Å². The monoisotopic (exact) mass is 415 g/mol. The van der Waals surface area contributed by atoms with E-state index in [1.807, 2.05) is 0 Å². The maximum Gasteiger partial charge on any atom is 0.341 e. The summed E-state index contributed by atoms with van der Waals surface area (Å²) in [5.74, 6) is -1.29. The van der Waals surface area contributed by atoms with Gasteiger partial charge < -0.3 is 15.2 Å². The van der Waals surface area contributed by atoms with Crippen molar-refractivity contribution >= 4 is 34.1 Å². The summed E-state index contributed by atoms with van der Waals surface area (Å²) in [6.07, 6.45) is 1.40. The highest BCUT2D eigenvalue weighted by Crippen LogP contribution is 2.37. The molecule has 9 heteroatoms. The Hall–Kier alpha value is -2.78. The van der Waals surface area contributed by atoms with Gasteiger partial charge in [-0.2, -0.15) is 0 Å². The van der Waals surface area contributed by atoms with Gasteiger partial charge in [0.2, 0.25) is 0 Å². The number of hydrogen-bond donors (Lipinski definition) is 1. The number of pyridine rings is 1. The lowest BCUT2D eigenvalue weighted by Gasteiger charge is -2.27. The molecule has 0 aromatic carbocycles. The summed E-state index contributed by atoms with van der Waals surface area (Å²) in [4.78, 5) is 43.8. The van der Waals surface area contributed by atoms with E-state index in [-0.39, 0.29) is 24.8 Å². The molecule has 0 aliphatic carbocycles. The second-order valence-corrected chi connectivity index (χ2v) is 9.14. The second-order valence-electron chi connectivity index (χ2n) is 8.00. The van der Waals surface area contributed by atoms with Gasteiger partial charge in [0, 0.05) is 17.5 Å². The van der Waals surface area contributed by atoms with Gasteiger partial charge >= 0.3 is 5.97 Å². The average Bonchev–Trinajstić information content (AvgIpc) is 3.09. The van der Waals surface area contributed by atoms with Crippen molar-refractivity contribution in [3.05, 3.63) is 45.6 Å². The molecule has 1 atom stereocenters. The maximum atomic E-state index is 12.7. The fraction of sp³-hybridized carbons (Fsp3) is 0.400. The Kier molecular flexibility index (Phi) is 4.66. The Morgan fingerprint density at radius 3 is 2.83 bits per heavy atom. The fourth-order valence-electron chi connectivity index (χ4n) is 3.50. The summed E-state index contributed by atoms with van der Waals surface area (Å²) < 4.78 is 11.3. The zero-order valence-electron chi connectivity index (χ0n) is 16.4. The molecule has 0 fully saturated rings. The molecule has 4 rings (SSSR count). The number of aromatic nitrogens is 1. The zero-order valence-corrected chi connectivity index (χ0v) is 17.2. The molecule has 0 saturated carbocycles. The molecule has 29 heavy (non-hydrogen) atoms. The highest BCUT2D eigenvalue weighted by Gasteiger charge is 2.39. The summed E-state index contributed by atoms with van der Waals surface area (Å²) in [6, 6.07) is 3.21. The number of anilines is 1. The lowest BCUT2D eigenvalue weighted by atomic mass is 10.0. The van der Waals surface area contributed by atoms with Gasteiger partial charge in [-0.05, 0) is 38.5 Å². The number of rotatable bonds is 3. The van der Waals surface area contributed by atoms with E-state index in [4.69, 9.17) is 15.2 Å². The van der Waals surface area contributed by atoms with Crippen molar-refractivity contribution in [1.29, 1.82) is 0 Å². The number of thiophene rings is 1. The first-order chi connectivity index (χ1) is 13.7. The van der Waals surface area contributed by atoms with E-state index in [2.05, 4.69) is 4.98 Å². The fourth-order valence-corrected chi connectivity index (χ4v) is 4.51. The van der Waals surface area contributed by atoms with E-state index in [1.54, 1.807) is 32.9 Å². The Balaban J connectivity index is 1.55. The van der Waals surface area contributed by atoms with Crippen molar-refractivity contribution < 1.29 is 23.9 Å². The molecule has 4 heterocycles. The van der Waals surface area contributed by atoms with E-state index in [9.17, 15) is 14.4 Å². The number of nitrogens with two attached hydrogens (primary N) is 1. The van der Waals surface area contributed by atoms with Crippen LogP contribution in [0.15, 0.2) is 18.3 Å². The molecule has 2 amide bonds. The third kappa shape index (κ3) is 3.51. The van der Waals surface area contributed by atoms with Gasteiger partial charge in [-0.25, -0.2) is 4.79 Å². The molecular weight excluding hydrogens is 394 g/mol. The minimum atomic E-state index is -0.643. The molecule has 2 N–H and O–H groups in total. The topological polar surface area (TPSA) is 112 Å². The van der Waals surface area contributed by atoms with Crippen LogP contribution in [0.1, 0.15) is 62.4 Å². The molecule has 2 aliphatic heterocycles. The third-order valence-corrected chi connectivity index (χ3v) is 5.75. The number of esters is 1. The summed E-state index contributed by atoms with van der Waals surface area (Å²) >= 11 is 1.30. The zero-order chi connectivity index (χ0) is 20.9. The molecule has 0 spiro atoms. The minimum Gasteiger partial charge on any atom is -0.456 e. The van der Waals surface area contributed by atoms with Crippen molar-refractivity contribution in [3.63, 3.8) is 0 Å². The van der Waals surface area contributed by atoms with Crippen molar-refractivity contribution in [2.24, 2.45) is 0 Å². The van der Waals surface area contributed by atoms with Crippen LogP contribution in [-0.2, 0) is 22.5 Å². The first-order valence-electron chi connectivity index (χ1n) is 9.22. The van der Waals surface area contributed by atoms with Crippen molar-refractivity contribution in [1.82, 2.24) is 9.88 Å². The Morgan fingerprint density at radius 2 is 2.14 bits per heavy atom. The Labute approximate surface area is 171 Å². The number of fused-ring (bicyclic) bond motifs is 2. The molecule has 2 aromatic heterocycles. The van der Waals surface area contributed by atoms with E-state index < -0.39 is 23.6 Å². The van der Waals surface area contributed by atoms with Gasteiger partial charge in [0.1, 0.15) is 16.3 Å². The number of carbonyl (C=O) groups excluding carboxylic acids is 3. The average molecular weight is 415 g/mol. The van der Waals surface area contributed by atoms with Crippen LogP contribution in [0.25, 0.3) is 0 Å². The van der Waals surface area contributed by atoms with E-state index in [0.717, 1.165) is 15.3 Å². The Bertz CT molecular complexity index is 989. The van der Waals surface area contributed by atoms with Crippen molar-refractivity contribution in [2.45, 2.75) is 45.5 Å². The van der Waals surface area contributed by atoms with Gasteiger partial charge in [-0.3, -0.25) is 19.5 Å². The van der Waals surface area contributed by atoms with Crippen LogP contribution in [0.5, 0.6) is 0 Å². The maximum absolute atomic E-state index is 12.7. The predicted molar refractivity (Wildman–Crippen MR) is 106 cm³/mol. The van der Waals surface area contributed by atoms with Crippen molar-refractivity contribution in [3.8, 4) is 0 Å². The van der Waals surface area contributed by atoms with Crippen molar-refractivity contribution in [2.75, 3.05) is 12.3 Å². The number of hydrogen-bond acceptors (Lipinski definition) is 8. The van der Waals surface area contributed by atoms with Crippen LogP contribution >= 0.6 is 11.3 Å². The number of amides is 2. The van der Waals surface area contributed by atoms with Crippen LogP contribution in [0, 0.1) is 0 Å². The summed E-state index contributed by atoms with van der Waals surface area (Å²) in [5, 5.41) is 0.387. The quantitative estimate of drug-likeness (QED) is 0.605. The van der Waals surface area contributed by atoms with Gasteiger partial charge in [-0.1, -0.05) is 0 Å². The van der Waals surface area contributed by atoms with Crippen LogP contribution in [0.4, 0.5) is 5.00 Å². The van der Waals surface area contributed by atoms with Gasteiger partial charge in [0.15, 0.2) is 0 Å². The highest BCUT2D eigenvalue weighted by molar-refractivity contribution is 7.16. The predicted octanol–water partition coefficient (Wildman–Crippen LogP) is 2.42. The van der Waals surface area contributed by atoms with Gasteiger partial charge in [-0.15, -0.1) is 11.3 Å². The number of ether oxygens (including phenoxy) is 2. The minimum absolute atomic E-state index is 0.0803. The second kappa shape index (κ2) is 6.93. The Morgan fingerprint density at radius 1 is 1.38 bits per heavy atom. The SMILES string of the molecule is CC(C)(C)OC(=O)c1c(N)sc2c1CC(CN1C(=O)c3cccnc3C1=O)OC2. The number of carbonyl (C=O) groups is 3. The molecule has 1 unspecified atom stereocenters. The first kappa shape index (κ1) is 19.5. The molecule has 2 aliphatic rings. The summed E-state index contributed by atoms with van der Waals surface area (Å²) in [5.41, 5.74) is 7.02. The molecule has 0 bridgehead atoms. The number of imide groups is 1. The summed E-state index contributed by atoms with van der Waals surface area (Å²) in [6.45, 7) is 5.72. The number of nitrogens with zero attached hydrogens (tertiary/aromatic N) is 2. The molecule has 2 aromatic rings. The van der Waals surface area contributed by atoms with E-state index >= 15 is 0 Å². The standard InChI is InChI=1S/C20H21N3O5S/c1-20(2,3)28-19(26)14-12-7-10(27-9-13(12)29-16(14)21)8-23-17(24)11-5-4-6-22-15(11)18(23)25/h4-6,10H,7-9,21H2,1-3H3. The van der Waals surface area contributed by atoms with E-state index in [1.165, 1.54) is 17.5 Å². The van der Waals surface area contributed by atoms with Gasteiger partial charge in [0.25, 0.3) is 11.8 Å². The third-order valence-electron chi connectivity index (χ3n) is 4.72. The molecule has 8 nitrogen and oxygen atoms in total. The van der Waals surface area contributed by atoms with Gasteiger partial charge in [0.05, 0.1) is 30.4 Å². The first-order valence-corrected chi connectivity index (χ1v) is 10.0. The normalized spacial score (nSPS) is 18.6. The van der Waals surface area contributed by atoms with Crippen LogP contribution < -0.4 is 5.73 Å². The molecule has 0 radical (unpaired) electrons. The van der Waals surface area contributed by atoms with Crippen LogP contribution in [0.2, 0.25) is 0 Å². The smallest absolute Gasteiger partial charge is 0.341 e. The number of nitrogen functional groups attached to an aromatic ring is 1. The molecule has 152 valence electrons. The summed E-state index contributed by atoms with van der Waals surface area (Å²) in [7, 11) is 0. The lowest BCUT2D eigenvalue weighted by Crippen LogP contribution is -2.40. The highest BCUT2D eigenvalue weighted by atomic mass is 32.1. The lowest BCUT2D eigenvalue weighted by molar-refractivity contribution is 0.00350.